The Hall–Kier alpha value is -1.89. The van der Waals surface area contributed by atoms with Crippen molar-refractivity contribution >= 4 is 22.0 Å². The molecule has 0 N–H and O–H groups in total. The van der Waals surface area contributed by atoms with Crippen LogP contribution in [0.2, 0.25) is 0 Å². The number of hydrogen-bond donors (Lipinski definition) is 0. The Labute approximate surface area is 130 Å². The first kappa shape index (κ1) is 14.1. The van der Waals surface area contributed by atoms with E-state index in [0.717, 1.165) is 5.56 Å². The first-order valence-corrected chi connectivity index (χ1v) is 7.72. The van der Waals surface area contributed by atoms with Crippen molar-refractivity contribution in [3.8, 4) is 0 Å². The normalized spacial score (nSPS) is 14.8. The van der Waals surface area contributed by atoms with Gasteiger partial charge in [-0.15, -0.1) is 0 Å². The van der Waals surface area contributed by atoms with Crippen LogP contribution in [0, 0.1) is 0 Å². The standard InChI is InChI=1S/C14H14BrN3O3/c15-6-12-16-13(17-21-12)11-7-18(8-11)14(19)20-9-10-4-2-1-3-5-10/h1-5,11H,6-9H2. The lowest BCUT2D eigenvalue weighted by atomic mass is 10.0. The highest BCUT2D eigenvalue weighted by Gasteiger charge is 2.35. The maximum absolute atomic E-state index is 11.9. The summed E-state index contributed by atoms with van der Waals surface area (Å²) in [7, 11) is 0. The molecular formula is C14H14BrN3O3. The first-order valence-electron chi connectivity index (χ1n) is 6.60. The van der Waals surface area contributed by atoms with Crippen LogP contribution in [0.4, 0.5) is 4.79 Å². The van der Waals surface area contributed by atoms with E-state index in [1.165, 1.54) is 0 Å². The van der Waals surface area contributed by atoms with Gasteiger partial charge in [-0.3, -0.25) is 0 Å². The van der Waals surface area contributed by atoms with E-state index in [4.69, 9.17) is 9.26 Å². The van der Waals surface area contributed by atoms with Gasteiger partial charge < -0.3 is 14.2 Å². The Balaban J connectivity index is 1.46. The van der Waals surface area contributed by atoms with Gasteiger partial charge in [-0.2, -0.15) is 4.98 Å². The molecule has 0 saturated carbocycles. The third kappa shape index (κ3) is 3.24. The van der Waals surface area contributed by atoms with E-state index in [1.807, 2.05) is 30.3 Å². The van der Waals surface area contributed by atoms with Crippen LogP contribution in [0.3, 0.4) is 0 Å². The fourth-order valence-corrected chi connectivity index (χ4v) is 2.32. The van der Waals surface area contributed by atoms with Gasteiger partial charge in [0.15, 0.2) is 5.82 Å². The van der Waals surface area contributed by atoms with Crippen molar-refractivity contribution in [2.45, 2.75) is 17.9 Å². The molecule has 1 aliphatic rings. The van der Waals surface area contributed by atoms with Crippen LogP contribution in [0.25, 0.3) is 0 Å². The summed E-state index contributed by atoms with van der Waals surface area (Å²) in [4.78, 5) is 17.7. The lowest BCUT2D eigenvalue weighted by Crippen LogP contribution is -2.49. The molecule has 7 heteroatoms. The number of halogens is 1. The molecule has 0 bridgehead atoms. The molecule has 110 valence electrons. The number of carbonyl (C=O) groups excluding carboxylic acids is 1. The van der Waals surface area contributed by atoms with E-state index in [2.05, 4.69) is 26.1 Å². The highest BCUT2D eigenvalue weighted by Crippen LogP contribution is 2.25. The molecule has 1 aliphatic heterocycles. The number of aromatic nitrogens is 2. The molecule has 0 unspecified atom stereocenters. The largest absolute Gasteiger partial charge is 0.445 e. The van der Waals surface area contributed by atoms with Crippen molar-refractivity contribution in [2.75, 3.05) is 13.1 Å². The first-order chi connectivity index (χ1) is 10.3. The van der Waals surface area contributed by atoms with Crippen LogP contribution in [-0.2, 0) is 16.7 Å². The predicted molar refractivity (Wildman–Crippen MR) is 77.9 cm³/mol. The Morgan fingerprint density at radius 2 is 2.14 bits per heavy atom. The molecule has 21 heavy (non-hydrogen) atoms. The summed E-state index contributed by atoms with van der Waals surface area (Å²) in [5, 5.41) is 4.44. The smallest absolute Gasteiger partial charge is 0.410 e. The van der Waals surface area contributed by atoms with E-state index in [-0.39, 0.29) is 18.6 Å². The lowest BCUT2D eigenvalue weighted by molar-refractivity contribution is 0.0646. The van der Waals surface area contributed by atoms with Gasteiger partial charge in [0.2, 0.25) is 5.89 Å². The zero-order valence-electron chi connectivity index (χ0n) is 11.2. The summed E-state index contributed by atoms with van der Waals surface area (Å²) in [5.41, 5.74) is 0.975. The van der Waals surface area contributed by atoms with Gasteiger partial charge in [-0.25, -0.2) is 4.79 Å². The zero-order chi connectivity index (χ0) is 14.7. The van der Waals surface area contributed by atoms with Crippen LogP contribution < -0.4 is 0 Å². The van der Waals surface area contributed by atoms with Crippen molar-refractivity contribution < 1.29 is 14.1 Å². The van der Waals surface area contributed by atoms with Gasteiger partial charge in [0.25, 0.3) is 0 Å². The number of carbonyl (C=O) groups is 1. The molecule has 3 rings (SSSR count). The molecule has 1 fully saturated rings. The van der Waals surface area contributed by atoms with E-state index in [1.54, 1.807) is 4.90 Å². The zero-order valence-corrected chi connectivity index (χ0v) is 12.8. The van der Waals surface area contributed by atoms with Gasteiger partial charge in [-0.1, -0.05) is 51.4 Å². The molecule has 0 aliphatic carbocycles. The van der Waals surface area contributed by atoms with Crippen LogP contribution in [-0.4, -0.2) is 34.2 Å². The van der Waals surface area contributed by atoms with Crippen LogP contribution in [0.1, 0.15) is 23.2 Å². The maximum atomic E-state index is 11.9. The van der Waals surface area contributed by atoms with Gasteiger partial charge in [0, 0.05) is 13.1 Å². The number of likely N-dealkylation sites (tertiary alicyclic amines) is 1. The fourth-order valence-electron chi connectivity index (χ4n) is 2.09. The van der Waals surface area contributed by atoms with Crippen molar-refractivity contribution in [1.82, 2.24) is 15.0 Å². The Kier molecular flexibility index (Phi) is 4.19. The summed E-state index contributed by atoms with van der Waals surface area (Å²) >= 11 is 3.26. The van der Waals surface area contributed by atoms with Crippen molar-refractivity contribution in [3.05, 3.63) is 47.6 Å². The Morgan fingerprint density at radius 1 is 1.38 bits per heavy atom. The quantitative estimate of drug-likeness (QED) is 0.792. The molecular weight excluding hydrogens is 338 g/mol. The Morgan fingerprint density at radius 3 is 2.81 bits per heavy atom. The van der Waals surface area contributed by atoms with Gasteiger partial charge in [0.1, 0.15) is 6.61 Å². The second kappa shape index (κ2) is 6.26. The average molecular weight is 352 g/mol. The second-order valence-corrected chi connectivity index (χ2v) is 5.38. The molecule has 1 amide bonds. The van der Waals surface area contributed by atoms with Crippen molar-refractivity contribution in [3.63, 3.8) is 0 Å². The maximum Gasteiger partial charge on any atom is 0.410 e. The number of alkyl halides is 1. The summed E-state index contributed by atoms with van der Waals surface area (Å²) in [5.74, 6) is 1.33. The molecule has 2 heterocycles. The average Bonchev–Trinajstić information content (AvgIpc) is 2.93. The highest BCUT2D eigenvalue weighted by atomic mass is 79.9. The third-order valence-corrected chi connectivity index (χ3v) is 3.79. The van der Waals surface area contributed by atoms with Crippen molar-refractivity contribution in [2.24, 2.45) is 0 Å². The topological polar surface area (TPSA) is 68.5 Å². The van der Waals surface area contributed by atoms with Gasteiger partial charge in [-0.05, 0) is 5.56 Å². The van der Waals surface area contributed by atoms with E-state index < -0.39 is 0 Å². The van der Waals surface area contributed by atoms with Crippen LogP contribution in [0.15, 0.2) is 34.9 Å². The predicted octanol–water partition coefficient (Wildman–Crippen LogP) is 2.70. The summed E-state index contributed by atoms with van der Waals surface area (Å²) < 4.78 is 10.3. The van der Waals surface area contributed by atoms with E-state index in [0.29, 0.717) is 30.1 Å². The van der Waals surface area contributed by atoms with Gasteiger partial charge in [0.05, 0.1) is 11.2 Å². The minimum atomic E-state index is -0.306. The highest BCUT2D eigenvalue weighted by molar-refractivity contribution is 9.08. The molecule has 0 atom stereocenters. The molecule has 2 aromatic rings. The molecule has 1 saturated heterocycles. The van der Waals surface area contributed by atoms with E-state index >= 15 is 0 Å². The number of nitrogens with zero attached hydrogens (tertiary/aromatic N) is 3. The molecule has 1 aromatic heterocycles. The SMILES string of the molecule is O=C(OCc1ccccc1)N1CC(c2noc(CBr)n2)C1. The summed E-state index contributed by atoms with van der Waals surface area (Å²) in [6.45, 7) is 1.42. The van der Waals surface area contributed by atoms with Crippen molar-refractivity contribution in [1.29, 1.82) is 0 Å². The monoisotopic (exact) mass is 351 g/mol. The summed E-state index contributed by atoms with van der Waals surface area (Å²) in [6.07, 6.45) is -0.306. The number of rotatable bonds is 4. The minimum absolute atomic E-state index is 0.130. The second-order valence-electron chi connectivity index (χ2n) is 4.82. The number of amides is 1. The Bertz CT molecular complexity index is 611. The van der Waals surface area contributed by atoms with Crippen LogP contribution in [0.5, 0.6) is 0 Å². The molecule has 6 nitrogen and oxygen atoms in total. The number of benzene rings is 1. The lowest BCUT2D eigenvalue weighted by Gasteiger charge is -2.36. The third-order valence-electron chi connectivity index (χ3n) is 3.31. The van der Waals surface area contributed by atoms with E-state index in [9.17, 15) is 4.79 Å². The number of hydrogen-bond acceptors (Lipinski definition) is 5. The molecule has 0 radical (unpaired) electrons. The summed E-state index contributed by atoms with van der Waals surface area (Å²) in [6, 6.07) is 9.61. The fraction of sp³-hybridized carbons (Fsp3) is 0.357. The molecule has 1 aromatic carbocycles. The minimum Gasteiger partial charge on any atom is -0.445 e. The van der Waals surface area contributed by atoms with Crippen LogP contribution >= 0.6 is 15.9 Å². The van der Waals surface area contributed by atoms with Gasteiger partial charge >= 0.3 is 6.09 Å². The molecule has 0 spiro atoms. The number of ether oxygens (including phenoxy) is 1.